The van der Waals surface area contributed by atoms with Crippen LogP contribution in [0.2, 0.25) is 0 Å². The number of carbonyl (C=O) groups is 1. The molecule has 1 aromatic carbocycles. The van der Waals surface area contributed by atoms with Crippen molar-refractivity contribution in [3.8, 4) is 0 Å². The van der Waals surface area contributed by atoms with Crippen molar-refractivity contribution < 1.29 is 4.79 Å². The average Bonchev–Trinajstić information content (AvgIpc) is 2.31. The number of carbonyl (C=O) groups excluding carboxylic acids is 1. The third kappa shape index (κ3) is 4.67. The van der Waals surface area contributed by atoms with Crippen LogP contribution < -0.4 is 11.1 Å². The molecule has 0 fully saturated rings. The van der Waals surface area contributed by atoms with Crippen LogP contribution in [0.3, 0.4) is 0 Å². The van der Waals surface area contributed by atoms with Gasteiger partial charge in [0.2, 0.25) is 5.91 Å². The van der Waals surface area contributed by atoms with Gasteiger partial charge in [0.25, 0.3) is 0 Å². The molecule has 0 aliphatic heterocycles. The first-order valence-electron chi connectivity index (χ1n) is 7.03. The van der Waals surface area contributed by atoms with Gasteiger partial charge in [-0.2, -0.15) is 0 Å². The number of rotatable bonds is 6. The molecule has 0 spiro atoms. The Labute approximate surface area is 116 Å². The second-order valence-electron chi connectivity index (χ2n) is 5.51. The highest BCUT2D eigenvalue weighted by Gasteiger charge is 2.22. The van der Waals surface area contributed by atoms with Crippen LogP contribution >= 0.6 is 0 Å². The molecule has 0 aliphatic carbocycles. The zero-order valence-corrected chi connectivity index (χ0v) is 12.5. The molecule has 0 aliphatic rings. The Morgan fingerprint density at radius 3 is 2.53 bits per heavy atom. The summed E-state index contributed by atoms with van der Waals surface area (Å²) < 4.78 is 0. The fourth-order valence-corrected chi connectivity index (χ4v) is 2.35. The lowest BCUT2D eigenvalue weighted by molar-refractivity contribution is -0.123. The molecule has 0 bridgehead atoms. The fraction of sp³-hybridized carbons (Fsp3) is 0.562. The molecule has 0 heterocycles. The summed E-state index contributed by atoms with van der Waals surface area (Å²) in [5.41, 5.74) is 9.12. The molecule has 1 amide bonds. The van der Waals surface area contributed by atoms with Crippen LogP contribution in [0.5, 0.6) is 0 Å². The van der Waals surface area contributed by atoms with Crippen LogP contribution in [-0.4, -0.2) is 18.5 Å². The topological polar surface area (TPSA) is 55.1 Å². The molecule has 1 atom stereocenters. The third-order valence-electron chi connectivity index (χ3n) is 3.25. The van der Waals surface area contributed by atoms with E-state index in [9.17, 15) is 4.79 Å². The smallest absolute Gasteiger partial charge is 0.227 e. The van der Waals surface area contributed by atoms with Crippen LogP contribution in [-0.2, 0) is 4.79 Å². The van der Waals surface area contributed by atoms with Gasteiger partial charge in [0.05, 0.1) is 5.92 Å². The molecule has 3 heteroatoms. The van der Waals surface area contributed by atoms with E-state index >= 15 is 0 Å². The van der Waals surface area contributed by atoms with Crippen molar-refractivity contribution in [1.82, 2.24) is 5.32 Å². The third-order valence-corrected chi connectivity index (χ3v) is 3.25. The van der Waals surface area contributed by atoms with Crippen molar-refractivity contribution in [2.45, 2.75) is 52.5 Å². The Morgan fingerprint density at radius 2 is 2.00 bits per heavy atom. The number of benzene rings is 1. The second-order valence-corrected chi connectivity index (χ2v) is 5.51. The Kier molecular flexibility index (Phi) is 6.03. The highest BCUT2D eigenvalue weighted by molar-refractivity contribution is 5.84. The van der Waals surface area contributed by atoms with E-state index in [1.807, 2.05) is 13.8 Å². The molecule has 0 saturated heterocycles. The van der Waals surface area contributed by atoms with Crippen LogP contribution in [0.4, 0.5) is 0 Å². The van der Waals surface area contributed by atoms with Gasteiger partial charge in [0.15, 0.2) is 0 Å². The fourth-order valence-electron chi connectivity index (χ4n) is 2.35. The van der Waals surface area contributed by atoms with Crippen LogP contribution in [0.25, 0.3) is 0 Å². The van der Waals surface area contributed by atoms with Gasteiger partial charge in [0.1, 0.15) is 0 Å². The standard InChI is InChI=1S/C16H26N2O/c1-11(2)18-16(19)15(6-5-9-17)14-8-7-12(3)10-13(14)4/h7-8,10-11,15H,5-6,9,17H2,1-4H3,(H,18,19). The zero-order chi connectivity index (χ0) is 14.4. The molecular weight excluding hydrogens is 236 g/mol. The van der Waals surface area contributed by atoms with E-state index in [2.05, 4.69) is 37.4 Å². The number of amides is 1. The minimum atomic E-state index is -0.0912. The predicted octanol–water partition coefficient (Wildman–Crippen LogP) is 2.65. The second kappa shape index (κ2) is 7.29. The first kappa shape index (κ1) is 15.7. The summed E-state index contributed by atoms with van der Waals surface area (Å²) in [5, 5.41) is 3.01. The highest BCUT2D eigenvalue weighted by atomic mass is 16.1. The van der Waals surface area contributed by atoms with E-state index in [0.29, 0.717) is 6.54 Å². The molecule has 106 valence electrons. The summed E-state index contributed by atoms with van der Waals surface area (Å²) in [4.78, 5) is 12.3. The van der Waals surface area contributed by atoms with Gasteiger partial charge in [-0.3, -0.25) is 4.79 Å². The van der Waals surface area contributed by atoms with Crippen molar-refractivity contribution >= 4 is 5.91 Å². The number of hydrogen-bond donors (Lipinski definition) is 2. The molecular formula is C16H26N2O. The van der Waals surface area contributed by atoms with E-state index in [0.717, 1.165) is 18.4 Å². The lowest BCUT2D eigenvalue weighted by Crippen LogP contribution is -2.35. The van der Waals surface area contributed by atoms with Crippen molar-refractivity contribution in [3.05, 3.63) is 34.9 Å². The van der Waals surface area contributed by atoms with Gasteiger partial charge < -0.3 is 11.1 Å². The summed E-state index contributed by atoms with van der Waals surface area (Å²) in [6, 6.07) is 6.44. The largest absolute Gasteiger partial charge is 0.353 e. The Morgan fingerprint density at radius 1 is 1.32 bits per heavy atom. The maximum atomic E-state index is 12.3. The maximum Gasteiger partial charge on any atom is 0.227 e. The van der Waals surface area contributed by atoms with Gasteiger partial charge in [-0.15, -0.1) is 0 Å². The maximum absolute atomic E-state index is 12.3. The van der Waals surface area contributed by atoms with E-state index in [1.165, 1.54) is 11.1 Å². The summed E-state index contributed by atoms with van der Waals surface area (Å²) in [5.74, 6) is 0.0157. The quantitative estimate of drug-likeness (QED) is 0.828. The lowest BCUT2D eigenvalue weighted by Gasteiger charge is -2.20. The van der Waals surface area contributed by atoms with Crippen LogP contribution in [0, 0.1) is 13.8 Å². The number of aryl methyl sites for hydroxylation is 2. The zero-order valence-electron chi connectivity index (χ0n) is 12.5. The monoisotopic (exact) mass is 262 g/mol. The molecule has 1 unspecified atom stereocenters. The predicted molar refractivity (Wildman–Crippen MR) is 80.2 cm³/mol. The average molecular weight is 262 g/mol. The first-order chi connectivity index (χ1) is 8.95. The van der Waals surface area contributed by atoms with Gasteiger partial charge >= 0.3 is 0 Å². The summed E-state index contributed by atoms with van der Waals surface area (Å²) in [6.07, 6.45) is 1.67. The number of hydrogen-bond acceptors (Lipinski definition) is 2. The molecule has 0 radical (unpaired) electrons. The Hall–Kier alpha value is -1.35. The van der Waals surface area contributed by atoms with Crippen molar-refractivity contribution in [2.75, 3.05) is 6.54 Å². The van der Waals surface area contributed by atoms with Gasteiger partial charge in [-0.1, -0.05) is 23.8 Å². The van der Waals surface area contributed by atoms with E-state index in [4.69, 9.17) is 5.73 Å². The van der Waals surface area contributed by atoms with Crippen LogP contribution in [0.15, 0.2) is 18.2 Å². The molecule has 3 nitrogen and oxygen atoms in total. The van der Waals surface area contributed by atoms with Crippen molar-refractivity contribution in [1.29, 1.82) is 0 Å². The minimum Gasteiger partial charge on any atom is -0.353 e. The normalized spacial score (nSPS) is 12.5. The molecule has 19 heavy (non-hydrogen) atoms. The summed E-state index contributed by atoms with van der Waals surface area (Å²) >= 11 is 0. The number of nitrogens with two attached hydrogens (primary N) is 1. The highest BCUT2D eigenvalue weighted by Crippen LogP contribution is 2.25. The van der Waals surface area contributed by atoms with Crippen molar-refractivity contribution in [3.63, 3.8) is 0 Å². The molecule has 1 aromatic rings. The summed E-state index contributed by atoms with van der Waals surface area (Å²) in [7, 11) is 0. The molecule has 3 N–H and O–H groups in total. The van der Waals surface area contributed by atoms with E-state index in [1.54, 1.807) is 0 Å². The van der Waals surface area contributed by atoms with E-state index < -0.39 is 0 Å². The van der Waals surface area contributed by atoms with Gasteiger partial charge in [-0.05, 0) is 58.2 Å². The molecule has 0 aromatic heterocycles. The van der Waals surface area contributed by atoms with Gasteiger partial charge in [-0.25, -0.2) is 0 Å². The SMILES string of the molecule is Cc1ccc(C(CCCN)C(=O)NC(C)C)c(C)c1. The van der Waals surface area contributed by atoms with E-state index in [-0.39, 0.29) is 17.9 Å². The first-order valence-corrected chi connectivity index (χ1v) is 7.03. The van der Waals surface area contributed by atoms with Crippen molar-refractivity contribution in [2.24, 2.45) is 5.73 Å². The molecule has 1 rings (SSSR count). The molecule has 0 saturated carbocycles. The minimum absolute atomic E-state index is 0.0912. The van der Waals surface area contributed by atoms with Gasteiger partial charge in [0, 0.05) is 6.04 Å². The Bertz CT molecular complexity index is 427. The number of nitrogens with one attached hydrogen (secondary N) is 1. The Balaban J connectivity index is 2.98. The summed E-state index contributed by atoms with van der Waals surface area (Å²) in [6.45, 7) is 8.73. The van der Waals surface area contributed by atoms with Crippen LogP contribution in [0.1, 0.15) is 49.3 Å². The lowest BCUT2D eigenvalue weighted by atomic mass is 9.89.